The molecule has 10 heteroatoms. The molecule has 0 aliphatic carbocycles. The number of rotatable bonds is 11. The Kier molecular flexibility index (Phi) is 10.6. The summed E-state index contributed by atoms with van der Waals surface area (Å²) in [6.45, 7) is 5.23. The number of ether oxygens (including phenoxy) is 3. The van der Waals surface area contributed by atoms with Crippen LogP contribution in [0.3, 0.4) is 0 Å². The van der Waals surface area contributed by atoms with E-state index in [-0.39, 0.29) is 18.3 Å². The minimum Gasteiger partial charge on any atom is -0.490 e. The second kappa shape index (κ2) is 13.4. The number of benzene rings is 2. The van der Waals surface area contributed by atoms with Crippen LogP contribution in [0.1, 0.15) is 37.8 Å². The van der Waals surface area contributed by atoms with E-state index in [0.29, 0.717) is 53.5 Å². The van der Waals surface area contributed by atoms with E-state index in [4.69, 9.17) is 26.4 Å². The van der Waals surface area contributed by atoms with Crippen molar-refractivity contribution in [1.82, 2.24) is 4.90 Å². The molecule has 0 radical (unpaired) electrons. The number of amides is 1. The first kappa shape index (κ1) is 27.7. The summed E-state index contributed by atoms with van der Waals surface area (Å²) in [5.41, 5.74) is 1.81. The summed E-state index contributed by atoms with van der Waals surface area (Å²) < 4.78 is 19.0. The molecule has 1 aliphatic rings. The number of esters is 1. The maximum Gasteiger partial charge on any atom is 0.305 e. The molecule has 1 saturated heterocycles. The van der Waals surface area contributed by atoms with Gasteiger partial charge in [-0.1, -0.05) is 52.0 Å². The highest BCUT2D eigenvalue weighted by atomic mass is 79.9. The largest absolute Gasteiger partial charge is 0.490 e. The Hall–Kier alpha value is -1.88. The van der Waals surface area contributed by atoms with Crippen LogP contribution in [0.25, 0.3) is 6.08 Å². The number of hydrogen-bond acceptors (Lipinski definition) is 7. The second-order valence-electron chi connectivity index (χ2n) is 7.42. The number of hydrogen-bond donors (Lipinski definition) is 0. The van der Waals surface area contributed by atoms with Crippen LogP contribution in [0.4, 0.5) is 0 Å². The molecule has 3 rings (SSSR count). The molecule has 0 atom stereocenters. The summed E-state index contributed by atoms with van der Waals surface area (Å²) in [5.74, 6) is 0.728. The van der Waals surface area contributed by atoms with Gasteiger partial charge in [0.05, 0.1) is 22.6 Å². The first-order chi connectivity index (χ1) is 16.8. The van der Waals surface area contributed by atoms with Gasteiger partial charge in [-0.05, 0) is 77.7 Å². The number of thiocarbonyl (C=S) groups is 1. The molecule has 1 fully saturated rings. The summed E-state index contributed by atoms with van der Waals surface area (Å²) in [7, 11) is 0. The van der Waals surface area contributed by atoms with Crippen molar-refractivity contribution in [1.29, 1.82) is 0 Å². The number of halogens is 2. The van der Waals surface area contributed by atoms with Crippen LogP contribution >= 0.6 is 55.8 Å². The second-order valence-corrected chi connectivity index (χ2v) is 10.9. The van der Waals surface area contributed by atoms with Gasteiger partial charge >= 0.3 is 5.97 Å². The van der Waals surface area contributed by atoms with E-state index in [9.17, 15) is 9.59 Å². The van der Waals surface area contributed by atoms with Crippen molar-refractivity contribution >= 4 is 78.1 Å². The molecule has 0 bridgehead atoms. The Morgan fingerprint density at radius 3 is 2.54 bits per heavy atom. The third-order valence-electron chi connectivity index (χ3n) is 4.87. The van der Waals surface area contributed by atoms with E-state index in [1.165, 1.54) is 16.7 Å². The van der Waals surface area contributed by atoms with Gasteiger partial charge in [-0.2, -0.15) is 0 Å². The molecule has 186 valence electrons. The lowest BCUT2D eigenvalue weighted by Gasteiger charge is -2.15. The van der Waals surface area contributed by atoms with Crippen LogP contribution in [-0.4, -0.2) is 40.9 Å². The van der Waals surface area contributed by atoms with E-state index >= 15 is 0 Å². The first-order valence-corrected chi connectivity index (χ1v) is 13.9. The smallest absolute Gasteiger partial charge is 0.305 e. The van der Waals surface area contributed by atoms with Crippen molar-refractivity contribution in [2.45, 2.75) is 33.3 Å². The molecule has 2 aromatic carbocycles. The molecule has 2 aromatic rings. The van der Waals surface area contributed by atoms with Crippen LogP contribution in [0.2, 0.25) is 0 Å². The van der Waals surface area contributed by atoms with Gasteiger partial charge in [0.15, 0.2) is 11.5 Å². The lowest BCUT2D eigenvalue weighted by Crippen LogP contribution is -2.29. The molecule has 1 heterocycles. The summed E-state index contributed by atoms with van der Waals surface area (Å²) in [4.78, 5) is 26.5. The predicted octanol–water partition coefficient (Wildman–Crippen LogP) is 6.73. The fourth-order valence-corrected chi connectivity index (χ4v) is 5.42. The maximum atomic E-state index is 12.9. The quantitative estimate of drug-likeness (QED) is 0.153. The molecule has 35 heavy (non-hydrogen) atoms. The highest BCUT2D eigenvalue weighted by molar-refractivity contribution is 9.10. The van der Waals surface area contributed by atoms with Gasteiger partial charge in [-0.25, -0.2) is 0 Å². The van der Waals surface area contributed by atoms with Crippen molar-refractivity contribution in [2.24, 2.45) is 0 Å². The molecule has 0 aromatic heterocycles. The van der Waals surface area contributed by atoms with Gasteiger partial charge in [0.1, 0.15) is 10.9 Å². The van der Waals surface area contributed by atoms with Crippen LogP contribution in [0, 0.1) is 0 Å². The number of nitrogens with zero attached hydrogens (tertiary/aromatic N) is 1. The Balaban J connectivity index is 1.73. The van der Waals surface area contributed by atoms with Crippen LogP contribution < -0.4 is 9.47 Å². The van der Waals surface area contributed by atoms with Gasteiger partial charge in [0, 0.05) is 17.4 Å². The zero-order valence-corrected chi connectivity index (χ0v) is 24.1. The van der Waals surface area contributed by atoms with E-state index in [1.807, 2.05) is 43.3 Å². The van der Waals surface area contributed by atoms with Crippen molar-refractivity contribution < 1.29 is 23.8 Å². The Morgan fingerprint density at radius 1 is 1.11 bits per heavy atom. The molecule has 0 unspecified atom stereocenters. The zero-order chi connectivity index (χ0) is 25.4. The maximum absolute atomic E-state index is 12.9. The van der Waals surface area contributed by atoms with Gasteiger partial charge in [-0.15, -0.1) is 0 Å². The zero-order valence-electron chi connectivity index (χ0n) is 19.3. The highest BCUT2D eigenvalue weighted by Crippen LogP contribution is 2.40. The third-order valence-corrected chi connectivity index (χ3v) is 7.36. The van der Waals surface area contributed by atoms with Crippen molar-refractivity contribution in [2.75, 3.05) is 19.8 Å². The van der Waals surface area contributed by atoms with Crippen LogP contribution in [0.15, 0.2) is 50.2 Å². The third kappa shape index (κ3) is 7.80. The highest BCUT2D eigenvalue weighted by Gasteiger charge is 2.31. The molecule has 0 N–H and O–H groups in total. The number of carbonyl (C=O) groups is 2. The number of carbonyl (C=O) groups excluding carboxylic acids is 2. The first-order valence-electron chi connectivity index (χ1n) is 11.1. The average molecular weight is 643 g/mol. The average Bonchev–Trinajstić information content (AvgIpc) is 3.07. The topological polar surface area (TPSA) is 65.1 Å². The predicted molar refractivity (Wildman–Crippen MR) is 150 cm³/mol. The molecule has 1 amide bonds. The van der Waals surface area contributed by atoms with E-state index < -0.39 is 0 Å². The summed E-state index contributed by atoms with van der Waals surface area (Å²) in [6.07, 6.45) is 2.52. The summed E-state index contributed by atoms with van der Waals surface area (Å²) >= 11 is 13.7. The van der Waals surface area contributed by atoms with Gasteiger partial charge < -0.3 is 14.2 Å². The normalized spacial score (nSPS) is 14.5. The molecule has 0 spiro atoms. The van der Waals surface area contributed by atoms with E-state index in [1.54, 1.807) is 13.0 Å². The lowest BCUT2D eigenvalue weighted by molar-refractivity contribution is -0.143. The SMILES string of the molecule is CCOC(=O)CCCN1C(=O)/C(=C\c2cc(Br)c(OCc3ccc(Br)cc3)c(OCC)c2)SC1=S. The Labute approximate surface area is 231 Å². The Morgan fingerprint density at radius 2 is 1.86 bits per heavy atom. The van der Waals surface area contributed by atoms with Crippen LogP contribution in [-0.2, 0) is 20.9 Å². The van der Waals surface area contributed by atoms with Crippen molar-refractivity contribution in [3.8, 4) is 11.5 Å². The van der Waals surface area contributed by atoms with Crippen LogP contribution in [0.5, 0.6) is 11.5 Å². The number of thioether (sulfide) groups is 1. The van der Waals surface area contributed by atoms with E-state index in [2.05, 4.69) is 31.9 Å². The van der Waals surface area contributed by atoms with Crippen molar-refractivity contribution in [3.63, 3.8) is 0 Å². The minimum atomic E-state index is -0.274. The van der Waals surface area contributed by atoms with Crippen molar-refractivity contribution in [3.05, 3.63) is 61.4 Å². The summed E-state index contributed by atoms with van der Waals surface area (Å²) in [5, 5.41) is 0. The lowest BCUT2D eigenvalue weighted by atomic mass is 10.1. The molecule has 0 saturated carbocycles. The summed E-state index contributed by atoms with van der Waals surface area (Å²) in [6, 6.07) is 11.6. The van der Waals surface area contributed by atoms with Gasteiger partial charge in [0.2, 0.25) is 0 Å². The molecular formula is C25H25Br2NO5S2. The fourth-order valence-electron chi connectivity index (χ4n) is 3.27. The molecular weight excluding hydrogens is 618 g/mol. The fraction of sp³-hybridized carbons (Fsp3) is 0.320. The minimum absolute atomic E-state index is 0.173. The monoisotopic (exact) mass is 641 g/mol. The van der Waals surface area contributed by atoms with E-state index in [0.717, 1.165) is 20.1 Å². The Bertz CT molecular complexity index is 1120. The standard InChI is InChI=1S/C25H25Br2NO5S2/c1-3-31-20-13-17(12-19(27)23(20)33-15-16-7-9-18(26)10-8-16)14-21-24(30)28(25(34)35-21)11-5-6-22(29)32-4-2/h7-10,12-14H,3-6,11,15H2,1-2H3/b21-14+. The molecule has 1 aliphatic heterocycles. The van der Waals surface area contributed by atoms with Gasteiger partial charge in [0.25, 0.3) is 5.91 Å². The van der Waals surface area contributed by atoms with Gasteiger partial charge in [-0.3, -0.25) is 14.5 Å². The molecule has 6 nitrogen and oxygen atoms in total.